The van der Waals surface area contributed by atoms with Crippen molar-refractivity contribution in [3.63, 3.8) is 0 Å². The average molecular weight is 342 g/mol. The molecular formula is C16H17Cl2NO3. The number of allylic oxidation sites excluding steroid dienone is 2. The molecule has 0 aromatic heterocycles. The number of carbonyl (C=O) groups excluding carboxylic acids is 2. The maximum absolute atomic E-state index is 12.2. The van der Waals surface area contributed by atoms with Crippen LogP contribution < -0.4 is 5.32 Å². The third kappa shape index (κ3) is 3.81. The zero-order valence-corrected chi connectivity index (χ0v) is 13.9. The van der Waals surface area contributed by atoms with Crippen LogP contribution in [0.5, 0.6) is 0 Å². The van der Waals surface area contributed by atoms with Crippen LogP contribution in [0.2, 0.25) is 10.0 Å². The number of ether oxygens (including phenoxy) is 1. The number of benzene rings is 1. The van der Waals surface area contributed by atoms with Crippen LogP contribution in [0.4, 0.5) is 5.69 Å². The van der Waals surface area contributed by atoms with Crippen LogP contribution >= 0.6 is 23.2 Å². The number of ketones is 1. The summed E-state index contributed by atoms with van der Waals surface area (Å²) in [6.45, 7) is 3.85. The molecule has 0 fully saturated rings. The van der Waals surface area contributed by atoms with E-state index < -0.39 is 11.9 Å². The first-order chi connectivity index (χ1) is 10.4. The van der Waals surface area contributed by atoms with Crippen LogP contribution in [0.3, 0.4) is 0 Å². The van der Waals surface area contributed by atoms with E-state index in [2.05, 4.69) is 5.32 Å². The van der Waals surface area contributed by atoms with Gasteiger partial charge in [0.05, 0.1) is 17.3 Å². The minimum Gasteiger partial charge on any atom is -0.465 e. The highest BCUT2D eigenvalue weighted by atomic mass is 35.5. The Morgan fingerprint density at radius 2 is 2.14 bits per heavy atom. The highest BCUT2D eigenvalue weighted by molar-refractivity contribution is 6.36. The van der Waals surface area contributed by atoms with E-state index in [1.54, 1.807) is 25.1 Å². The first kappa shape index (κ1) is 16.8. The normalized spacial score (nSPS) is 21.3. The molecule has 0 saturated carbocycles. The standard InChI is InChI=1S/C16H17Cl2NO3/c1-3-22-16(21)15-9(2)6-11(8-14(15)20)19-13-5-4-10(17)7-12(13)18/h4-5,7-9,15,19H,3,6H2,1-2H3/t9-,15+/m1/s1. The Morgan fingerprint density at radius 3 is 2.73 bits per heavy atom. The summed E-state index contributed by atoms with van der Waals surface area (Å²) in [5.74, 6) is -1.57. The Bertz CT molecular complexity index is 628. The van der Waals surface area contributed by atoms with Crippen molar-refractivity contribution in [1.82, 2.24) is 0 Å². The minimum absolute atomic E-state index is 0.134. The molecular weight excluding hydrogens is 325 g/mol. The molecule has 1 aliphatic carbocycles. The van der Waals surface area contributed by atoms with Crippen LogP contribution in [0.1, 0.15) is 20.3 Å². The lowest BCUT2D eigenvalue weighted by Crippen LogP contribution is -2.35. The van der Waals surface area contributed by atoms with Crippen molar-refractivity contribution in [1.29, 1.82) is 0 Å². The van der Waals surface area contributed by atoms with Gasteiger partial charge in [-0.2, -0.15) is 0 Å². The van der Waals surface area contributed by atoms with Crippen LogP contribution in [0.25, 0.3) is 0 Å². The first-order valence-electron chi connectivity index (χ1n) is 7.05. The average Bonchev–Trinajstić information content (AvgIpc) is 2.41. The molecule has 22 heavy (non-hydrogen) atoms. The SMILES string of the molecule is CCOC(=O)[C@@H]1C(=O)C=C(Nc2ccc(Cl)cc2Cl)C[C@H]1C. The lowest BCUT2D eigenvalue weighted by Gasteiger charge is -2.26. The van der Waals surface area contributed by atoms with Crippen molar-refractivity contribution < 1.29 is 14.3 Å². The number of rotatable bonds is 4. The number of hydrogen-bond donors (Lipinski definition) is 1. The maximum atomic E-state index is 12.2. The maximum Gasteiger partial charge on any atom is 0.317 e. The molecule has 0 radical (unpaired) electrons. The van der Waals surface area contributed by atoms with E-state index in [1.165, 1.54) is 6.08 Å². The topological polar surface area (TPSA) is 55.4 Å². The molecule has 0 unspecified atom stereocenters. The molecule has 6 heteroatoms. The Morgan fingerprint density at radius 1 is 1.41 bits per heavy atom. The molecule has 0 saturated heterocycles. The Hall–Kier alpha value is -1.52. The lowest BCUT2D eigenvalue weighted by molar-refractivity contribution is -0.152. The van der Waals surface area contributed by atoms with E-state index in [0.29, 0.717) is 22.2 Å². The second-order valence-corrected chi connectivity index (χ2v) is 6.08. The van der Waals surface area contributed by atoms with Gasteiger partial charge in [0.2, 0.25) is 0 Å². The molecule has 0 heterocycles. The summed E-state index contributed by atoms with van der Waals surface area (Å²) in [6, 6.07) is 5.09. The largest absolute Gasteiger partial charge is 0.465 e. The number of esters is 1. The second-order valence-electron chi connectivity index (χ2n) is 5.23. The van der Waals surface area contributed by atoms with E-state index in [1.807, 2.05) is 6.92 Å². The summed E-state index contributed by atoms with van der Waals surface area (Å²) in [6.07, 6.45) is 2.01. The van der Waals surface area contributed by atoms with E-state index in [0.717, 1.165) is 5.70 Å². The second kappa shape index (κ2) is 7.16. The minimum atomic E-state index is -0.730. The molecule has 0 amide bonds. The van der Waals surface area contributed by atoms with Gasteiger partial charge in [0.25, 0.3) is 0 Å². The summed E-state index contributed by atoms with van der Waals surface area (Å²) in [5, 5.41) is 4.14. The van der Waals surface area contributed by atoms with Gasteiger partial charge in [-0.3, -0.25) is 9.59 Å². The summed E-state index contributed by atoms with van der Waals surface area (Å²) < 4.78 is 4.96. The van der Waals surface area contributed by atoms with Crippen molar-refractivity contribution >= 4 is 40.6 Å². The van der Waals surface area contributed by atoms with E-state index in [9.17, 15) is 9.59 Å². The lowest BCUT2D eigenvalue weighted by atomic mass is 9.82. The summed E-state index contributed by atoms with van der Waals surface area (Å²) in [4.78, 5) is 24.0. The van der Waals surface area contributed by atoms with Crippen LogP contribution in [0.15, 0.2) is 30.0 Å². The van der Waals surface area contributed by atoms with Gasteiger partial charge in [0, 0.05) is 16.8 Å². The van der Waals surface area contributed by atoms with Gasteiger partial charge in [0.1, 0.15) is 5.92 Å². The zero-order chi connectivity index (χ0) is 16.3. The number of carbonyl (C=O) groups is 2. The van der Waals surface area contributed by atoms with Crippen molar-refractivity contribution in [3.8, 4) is 0 Å². The van der Waals surface area contributed by atoms with Crippen LogP contribution in [0, 0.1) is 11.8 Å². The van der Waals surface area contributed by atoms with Gasteiger partial charge in [0.15, 0.2) is 5.78 Å². The fraction of sp³-hybridized carbons (Fsp3) is 0.375. The van der Waals surface area contributed by atoms with Crippen molar-refractivity contribution in [2.24, 2.45) is 11.8 Å². The first-order valence-corrected chi connectivity index (χ1v) is 7.81. The predicted octanol–water partition coefficient (Wildman–Crippen LogP) is 4.08. The Kier molecular flexibility index (Phi) is 5.48. The number of nitrogens with one attached hydrogen (secondary N) is 1. The molecule has 118 valence electrons. The van der Waals surface area contributed by atoms with Gasteiger partial charge in [-0.25, -0.2) is 0 Å². The van der Waals surface area contributed by atoms with Gasteiger partial charge in [-0.05, 0) is 37.5 Å². The van der Waals surface area contributed by atoms with Crippen LogP contribution in [-0.2, 0) is 14.3 Å². The molecule has 2 atom stereocenters. The van der Waals surface area contributed by atoms with Gasteiger partial charge >= 0.3 is 5.97 Å². The zero-order valence-electron chi connectivity index (χ0n) is 12.4. The molecule has 0 aliphatic heterocycles. The van der Waals surface area contributed by atoms with Crippen molar-refractivity contribution in [2.75, 3.05) is 11.9 Å². The van der Waals surface area contributed by atoms with E-state index in [-0.39, 0.29) is 18.3 Å². The summed E-state index contributed by atoms with van der Waals surface area (Å²) >= 11 is 12.0. The Labute approximate surface area is 139 Å². The summed E-state index contributed by atoms with van der Waals surface area (Å²) in [7, 11) is 0. The molecule has 0 bridgehead atoms. The van der Waals surface area contributed by atoms with Gasteiger partial charge < -0.3 is 10.1 Å². The number of halogens is 2. The van der Waals surface area contributed by atoms with Crippen molar-refractivity contribution in [3.05, 3.63) is 40.0 Å². The molecule has 1 aliphatic rings. The third-order valence-corrected chi connectivity index (χ3v) is 4.05. The monoisotopic (exact) mass is 341 g/mol. The Balaban J connectivity index is 2.16. The van der Waals surface area contributed by atoms with Gasteiger partial charge in [-0.1, -0.05) is 30.1 Å². The smallest absolute Gasteiger partial charge is 0.317 e. The van der Waals surface area contributed by atoms with Crippen LogP contribution in [-0.4, -0.2) is 18.4 Å². The molecule has 1 N–H and O–H groups in total. The molecule has 2 rings (SSSR count). The molecule has 0 spiro atoms. The molecule has 1 aromatic carbocycles. The van der Waals surface area contributed by atoms with Crippen molar-refractivity contribution in [2.45, 2.75) is 20.3 Å². The fourth-order valence-electron chi connectivity index (χ4n) is 2.50. The molecule has 1 aromatic rings. The van der Waals surface area contributed by atoms with E-state index in [4.69, 9.17) is 27.9 Å². The fourth-order valence-corrected chi connectivity index (χ4v) is 2.95. The quantitative estimate of drug-likeness (QED) is 0.662. The highest BCUT2D eigenvalue weighted by Gasteiger charge is 2.36. The third-order valence-electron chi connectivity index (χ3n) is 3.50. The van der Waals surface area contributed by atoms with E-state index >= 15 is 0 Å². The summed E-state index contributed by atoms with van der Waals surface area (Å²) in [5.41, 5.74) is 1.40. The highest BCUT2D eigenvalue weighted by Crippen LogP contribution is 2.32. The van der Waals surface area contributed by atoms with Gasteiger partial charge in [-0.15, -0.1) is 0 Å². The number of hydrogen-bond acceptors (Lipinski definition) is 4. The molecule has 4 nitrogen and oxygen atoms in total. The number of anilines is 1. The predicted molar refractivity (Wildman–Crippen MR) is 87.1 cm³/mol.